The van der Waals surface area contributed by atoms with Gasteiger partial charge in [-0.25, -0.2) is 0 Å². The Labute approximate surface area is 193 Å². The Bertz CT molecular complexity index is 1560. The average molecular weight is 422 g/mol. The molecule has 2 aliphatic carbocycles. The summed E-state index contributed by atoms with van der Waals surface area (Å²) in [4.78, 5) is 0. The third-order valence-corrected chi connectivity index (χ3v) is 7.18. The normalized spacial score (nSPS) is 19.2. The topological polar surface area (TPSA) is 4.93 Å². The number of hydrogen-bond acceptors (Lipinski definition) is 0. The maximum absolute atomic E-state index is 2.47. The number of benzene rings is 4. The molecule has 0 amide bonds. The van der Waals surface area contributed by atoms with Gasteiger partial charge in [0.15, 0.2) is 0 Å². The Morgan fingerprint density at radius 1 is 0.576 bits per heavy atom. The predicted octanol–water partition coefficient (Wildman–Crippen LogP) is 8.16. The van der Waals surface area contributed by atoms with Crippen molar-refractivity contribution in [2.45, 2.75) is 5.92 Å². The molecule has 1 heterocycles. The van der Waals surface area contributed by atoms with Crippen molar-refractivity contribution >= 4 is 39.2 Å². The Hall–Kier alpha value is -4.10. The third-order valence-electron chi connectivity index (χ3n) is 7.18. The van der Waals surface area contributed by atoms with Crippen molar-refractivity contribution in [1.29, 1.82) is 0 Å². The van der Waals surface area contributed by atoms with Gasteiger partial charge < -0.3 is 4.57 Å². The lowest BCUT2D eigenvalue weighted by molar-refractivity contribution is 0.715. The van der Waals surface area contributed by atoms with Gasteiger partial charge in [0.1, 0.15) is 0 Å². The molecule has 2 unspecified atom stereocenters. The second-order valence-corrected chi connectivity index (χ2v) is 8.97. The van der Waals surface area contributed by atoms with Gasteiger partial charge in [0.2, 0.25) is 0 Å². The molecule has 1 aromatic heterocycles. The van der Waals surface area contributed by atoms with Gasteiger partial charge in [0.05, 0.1) is 11.0 Å². The maximum atomic E-state index is 2.47. The zero-order valence-electron chi connectivity index (χ0n) is 18.2. The van der Waals surface area contributed by atoms with E-state index in [1.54, 1.807) is 0 Å². The van der Waals surface area contributed by atoms with Crippen LogP contribution < -0.4 is 0 Å². The fourth-order valence-corrected chi connectivity index (χ4v) is 5.70. The summed E-state index contributed by atoms with van der Waals surface area (Å²) >= 11 is 0. The standard InChI is InChI=1S/C32H23N/c1-2-10-22(11-3-1)29-20-24(21-30-25-13-5-4-12-23(25)18-19-26(29)30)33-31-16-8-6-14-27(31)28-15-7-9-17-32(28)33/h1-21,26,29H. The molecule has 0 radical (unpaired) electrons. The first-order valence-electron chi connectivity index (χ1n) is 11.6. The van der Waals surface area contributed by atoms with Gasteiger partial charge in [-0.3, -0.25) is 0 Å². The molecule has 0 spiro atoms. The Morgan fingerprint density at radius 2 is 1.21 bits per heavy atom. The van der Waals surface area contributed by atoms with E-state index >= 15 is 0 Å². The highest BCUT2D eigenvalue weighted by atomic mass is 15.0. The number of nitrogens with zero attached hydrogens (tertiary/aromatic N) is 1. The summed E-state index contributed by atoms with van der Waals surface area (Å²) in [6.45, 7) is 0. The van der Waals surface area contributed by atoms with Crippen LogP contribution in [0.15, 0.2) is 121 Å². The highest BCUT2D eigenvalue weighted by molar-refractivity contribution is 6.11. The van der Waals surface area contributed by atoms with Crippen LogP contribution in [0.4, 0.5) is 0 Å². The monoisotopic (exact) mass is 421 g/mol. The minimum absolute atomic E-state index is 0.283. The second-order valence-electron chi connectivity index (χ2n) is 8.97. The lowest BCUT2D eigenvalue weighted by Crippen LogP contribution is -2.19. The van der Waals surface area contributed by atoms with E-state index in [1.165, 1.54) is 49.8 Å². The fraction of sp³-hybridized carbons (Fsp3) is 0.0625. The van der Waals surface area contributed by atoms with E-state index < -0.39 is 0 Å². The Morgan fingerprint density at radius 3 is 1.97 bits per heavy atom. The van der Waals surface area contributed by atoms with E-state index in [-0.39, 0.29) is 5.92 Å². The number of fused-ring (bicyclic) bond motifs is 6. The number of rotatable bonds is 2. The van der Waals surface area contributed by atoms with E-state index in [1.807, 2.05) is 0 Å². The summed E-state index contributed by atoms with van der Waals surface area (Å²) in [5, 5.41) is 2.60. The highest BCUT2D eigenvalue weighted by Gasteiger charge is 2.31. The van der Waals surface area contributed by atoms with Crippen molar-refractivity contribution in [3.8, 4) is 0 Å². The largest absolute Gasteiger partial charge is 0.310 e. The number of allylic oxidation sites excluding steroid dienone is 5. The first-order valence-corrected chi connectivity index (χ1v) is 11.6. The lowest BCUT2D eigenvalue weighted by atomic mass is 9.72. The molecular weight excluding hydrogens is 398 g/mol. The first kappa shape index (κ1) is 18.5. The molecule has 2 atom stereocenters. The SMILES string of the molecule is C1=CC2C(=CC(n3c4ccccc4c4ccccc43)=CC2c2ccccc2)c2ccccc21. The molecule has 0 bridgehead atoms. The molecule has 156 valence electrons. The first-order chi connectivity index (χ1) is 16.4. The molecule has 0 fully saturated rings. The lowest BCUT2D eigenvalue weighted by Gasteiger charge is -2.33. The van der Waals surface area contributed by atoms with Gasteiger partial charge in [0, 0.05) is 28.3 Å². The Kier molecular flexibility index (Phi) is 4.04. The summed E-state index contributed by atoms with van der Waals surface area (Å²) in [5.41, 5.74) is 9.17. The van der Waals surface area contributed by atoms with Crippen molar-refractivity contribution in [3.63, 3.8) is 0 Å². The van der Waals surface area contributed by atoms with Crippen molar-refractivity contribution in [2.75, 3.05) is 0 Å². The van der Waals surface area contributed by atoms with Gasteiger partial charge in [0.25, 0.3) is 0 Å². The van der Waals surface area contributed by atoms with Crippen LogP contribution in [0.2, 0.25) is 0 Å². The van der Waals surface area contributed by atoms with Gasteiger partial charge in [-0.1, -0.05) is 109 Å². The van der Waals surface area contributed by atoms with Crippen LogP contribution in [0.3, 0.4) is 0 Å². The molecule has 0 aliphatic heterocycles. The summed E-state index contributed by atoms with van der Waals surface area (Å²) in [6, 6.07) is 37.2. The number of aromatic nitrogens is 1. The predicted molar refractivity (Wildman–Crippen MR) is 140 cm³/mol. The molecular formula is C32H23N. The van der Waals surface area contributed by atoms with Gasteiger partial charge in [-0.2, -0.15) is 0 Å². The number of para-hydroxylation sites is 2. The summed E-state index contributed by atoms with van der Waals surface area (Å²) < 4.78 is 2.45. The van der Waals surface area contributed by atoms with Crippen LogP contribution in [-0.4, -0.2) is 4.57 Å². The van der Waals surface area contributed by atoms with E-state index in [4.69, 9.17) is 0 Å². The molecule has 4 aromatic carbocycles. The van der Waals surface area contributed by atoms with E-state index in [0.717, 1.165) is 0 Å². The van der Waals surface area contributed by atoms with Crippen molar-refractivity contribution in [1.82, 2.24) is 4.57 Å². The Balaban J connectivity index is 1.54. The molecule has 1 heteroatoms. The highest BCUT2D eigenvalue weighted by Crippen LogP contribution is 2.47. The van der Waals surface area contributed by atoms with E-state index in [2.05, 4.69) is 132 Å². The molecule has 1 nitrogen and oxygen atoms in total. The zero-order chi connectivity index (χ0) is 21.8. The molecule has 2 aliphatic rings. The smallest absolute Gasteiger partial charge is 0.0540 e. The van der Waals surface area contributed by atoms with Crippen LogP contribution in [0.25, 0.3) is 39.2 Å². The van der Waals surface area contributed by atoms with Crippen molar-refractivity contribution in [3.05, 3.63) is 138 Å². The van der Waals surface area contributed by atoms with Crippen molar-refractivity contribution < 1.29 is 0 Å². The number of hydrogen-bond donors (Lipinski definition) is 0. The molecule has 5 aromatic rings. The zero-order valence-corrected chi connectivity index (χ0v) is 18.2. The van der Waals surface area contributed by atoms with Crippen LogP contribution in [0.5, 0.6) is 0 Å². The minimum atomic E-state index is 0.283. The van der Waals surface area contributed by atoms with Gasteiger partial charge in [-0.05, 0) is 40.5 Å². The maximum Gasteiger partial charge on any atom is 0.0540 e. The van der Waals surface area contributed by atoms with E-state index in [9.17, 15) is 0 Å². The van der Waals surface area contributed by atoms with Gasteiger partial charge in [-0.15, -0.1) is 0 Å². The minimum Gasteiger partial charge on any atom is -0.310 e. The summed E-state index contributed by atoms with van der Waals surface area (Å²) in [6.07, 6.45) is 9.59. The van der Waals surface area contributed by atoms with Crippen molar-refractivity contribution in [2.24, 2.45) is 5.92 Å². The fourth-order valence-electron chi connectivity index (χ4n) is 5.70. The molecule has 0 N–H and O–H groups in total. The van der Waals surface area contributed by atoms with E-state index in [0.29, 0.717) is 5.92 Å². The quantitative estimate of drug-likeness (QED) is 0.271. The van der Waals surface area contributed by atoms with Crippen LogP contribution in [0, 0.1) is 5.92 Å². The van der Waals surface area contributed by atoms with Crippen LogP contribution in [-0.2, 0) is 0 Å². The molecule has 0 saturated heterocycles. The summed E-state index contributed by atoms with van der Waals surface area (Å²) in [5.74, 6) is 0.616. The van der Waals surface area contributed by atoms with Crippen LogP contribution in [0.1, 0.15) is 22.6 Å². The van der Waals surface area contributed by atoms with Crippen LogP contribution >= 0.6 is 0 Å². The molecule has 33 heavy (non-hydrogen) atoms. The molecule has 0 saturated carbocycles. The summed E-state index contributed by atoms with van der Waals surface area (Å²) in [7, 11) is 0. The average Bonchev–Trinajstić information content (AvgIpc) is 3.23. The third kappa shape index (κ3) is 2.79. The van der Waals surface area contributed by atoms with Gasteiger partial charge >= 0.3 is 0 Å². The second kappa shape index (κ2) is 7.21. The molecule has 7 rings (SSSR count).